The van der Waals surface area contributed by atoms with Gasteiger partial charge in [0.25, 0.3) is 0 Å². The first kappa shape index (κ1) is 14.8. The van der Waals surface area contributed by atoms with Gasteiger partial charge in [-0.3, -0.25) is 0 Å². The number of benzene rings is 2. The third-order valence-electron chi connectivity index (χ3n) is 4.65. The highest BCUT2D eigenvalue weighted by atomic mass is 16.3. The lowest BCUT2D eigenvalue weighted by Gasteiger charge is -2.36. The third kappa shape index (κ3) is 2.53. The van der Waals surface area contributed by atoms with Gasteiger partial charge >= 0.3 is 6.03 Å². The molecule has 1 atom stereocenters. The number of hydrogen-bond donors (Lipinski definition) is 3. The number of amides is 2. The number of rotatable bonds is 2. The maximum Gasteiger partial charge on any atom is 0.322 e. The van der Waals surface area contributed by atoms with E-state index in [0.29, 0.717) is 6.54 Å². The van der Waals surface area contributed by atoms with Crippen molar-refractivity contribution >= 4 is 22.6 Å². The first-order chi connectivity index (χ1) is 11.8. The predicted molar refractivity (Wildman–Crippen MR) is 94.0 cm³/mol. The highest BCUT2D eigenvalue weighted by Gasteiger charge is 2.30. The number of aliphatic hydroxyl groups excluding tert-OH is 1. The molecule has 0 radical (unpaired) electrons. The maximum absolute atomic E-state index is 12.7. The van der Waals surface area contributed by atoms with Gasteiger partial charge in [-0.15, -0.1) is 0 Å². The molecular weight excluding hydrogens is 302 g/mol. The van der Waals surface area contributed by atoms with E-state index < -0.39 is 0 Å². The number of hydrogen-bond acceptors (Lipinski definition) is 2. The van der Waals surface area contributed by atoms with Crippen molar-refractivity contribution in [3.63, 3.8) is 0 Å². The van der Waals surface area contributed by atoms with Crippen LogP contribution in [0.25, 0.3) is 10.9 Å². The van der Waals surface area contributed by atoms with Crippen molar-refractivity contribution < 1.29 is 9.90 Å². The molecule has 5 nitrogen and oxygen atoms in total. The van der Waals surface area contributed by atoms with E-state index in [4.69, 9.17) is 0 Å². The molecule has 4 rings (SSSR count). The Hall–Kier alpha value is -2.79. The average molecular weight is 321 g/mol. The molecule has 2 aromatic carbocycles. The van der Waals surface area contributed by atoms with E-state index >= 15 is 0 Å². The number of nitrogens with one attached hydrogen (secondary N) is 2. The second-order valence-electron chi connectivity index (χ2n) is 6.05. The smallest absolute Gasteiger partial charge is 0.322 e. The fourth-order valence-electron chi connectivity index (χ4n) is 3.42. The van der Waals surface area contributed by atoms with Crippen molar-refractivity contribution in [2.45, 2.75) is 12.5 Å². The lowest BCUT2D eigenvalue weighted by atomic mass is 9.93. The zero-order valence-corrected chi connectivity index (χ0v) is 13.2. The number of urea groups is 1. The Morgan fingerprint density at radius 3 is 3.00 bits per heavy atom. The van der Waals surface area contributed by atoms with E-state index in [1.807, 2.05) is 48.7 Å². The number of aromatic amines is 1. The maximum atomic E-state index is 12.7. The summed E-state index contributed by atoms with van der Waals surface area (Å²) < 4.78 is 0. The van der Waals surface area contributed by atoms with Crippen molar-refractivity contribution in [2.75, 3.05) is 18.5 Å². The summed E-state index contributed by atoms with van der Waals surface area (Å²) in [6.07, 6.45) is 2.68. The molecular formula is C19H19N3O2. The first-order valence-corrected chi connectivity index (χ1v) is 8.09. The monoisotopic (exact) mass is 321 g/mol. The lowest BCUT2D eigenvalue weighted by Crippen LogP contribution is -2.43. The summed E-state index contributed by atoms with van der Waals surface area (Å²) in [6, 6.07) is 15.2. The van der Waals surface area contributed by atoms with Crippen LogP contribution in [0.3, 0.4) is 0 Å². The van der Waals surface area contributed by atoms with E-state index in [2.05, 4.69) is 16.4 Å². The number of carbonyl (C=O) groups is 1. The van der Waals surface area contributed by atoms with Gasteiger partial charge in [-0.25, -0.2) is 4.79 Å². The lowest BCUT2D eigenvalue weighted by molar-refractivity contribution is 0.135. The quantitative estimate of drug-likeness (QED) is 0.678. The molecule has 0 spiro atoms. The van der Waals surface area contributed by atoms with Gasteiger partial charge in [0.15, 0.2) is 0 Å². The van der Waals surface area contributed by atoms with Crippen LogP contribution in [0.5, 0.6) is 0 Å². The summed E-state index contributed by atoms with van der Waals surface area (Å²) in [5, 5.41) is 13.8. The Morgan fingerprint density at radius 2 is 2.12 bits per heavy atom. The zero-order valence-electron chi connectivity index (χ0n) is 13.2. The van der Waals surface area contributed by atoms with Crippen molar-refractivity contribution in [1.82, 2.24) is 9.88 Å². The Balaban J connectivity index is 1.57. The van der Waals surface area contributed by atoms with Crippen molar-refractivity contribution in [3.8, 4) is 0 Å². The van der Waals surface area contributed by atoms with Crippen molar-refractivity contribution in [1.29, 1.82) is 0 Å². The molecule has 1 unspecified atom stereocenters. The van der Waals surface area contributed by atoms with E-state index in [1.165, 1.54) is 5.56 Å². The third-order valence-corrected chi connectivity index (χ3v) is 4.65. The number of fused-ring (bicyclic) bond motifs is 2. The average Bonchev–Trinajstić information content (AvgIpc) is 3.08. The molecule has 3 N–H and O–H groups in total. The molecule has 1 aromatic heterocycles. The van der Waals surface area contributed by atoms with E-state index in [-0.39, 0.29) is 18.7 Å². The first-order valence-electron chi connectivity index (χ1n) is 8.09. The van der Waals surface area contributed by atoms with Gasteiger partial charge in [0.05, 0.1) is 12.6 Å². The second kappa shape index (κ2) is 6.02. The molecule has 0 saturated carbocycles. The minimum absolute atomic E-state index is 0.0821. The summed E-state index contributed by atoms with van der Waals surface area (Å²) in [5.74, 6) is 0. The summed E-state index contributed by atoms with van der Waals surface area (Å²) in [4.78, 5) is 17.6. The van der Waals surface area contributed by atoms with Crippen molar-refractivity contribution in [2.24, 2.45) is 0 Å². The van der Waals surface area contributed by atoms with Gasteiger partial charge < -0.3 is 20.3 Å². The van der Waals surface area contributed by atoms with E-state index in [9.17, 15) is 9.90 Å². The Kier molecular flexibility index (Phi) is 3.70. The molecule has 0 bridgehead atoms. The predicted octanol–water partition coefficient (Wildman–Crippen LogP) is 3.29. The highest BCUT2D eigenvalue weighted by molar-refractivity contribution is 5.93. The van der Waals surface area contributed by atoms with Gasteiger partial charge in [0.2, 0.25) is 0 Å². The van der Waals surface area contributed by atoms with Crippen LogP contribution < -0.4 is 5.32 Å². The zero-order chi connectivity index (χ0) is 16.5. The van der Waals surface area contributed by atoms with Gasteiger partial charge in [-0.1, -0.05) is 24.3 Å². The fourth-order valence-corrected chi connectivity index (χ4v) is 3.42. The number of nitrogens with zero attached hydrogens (tertiary/aromatic N) is 1. The van der Waals surface area contributed by atoms with Crippen LogP contribution in [0.1, 0.15) is 17.2 Å². The van der Waals surface area contributed by atoms with Crippen LogP contribution in [-0.4, -0.2) is 34.2 Å². The number of aromatic nitrogens is 1. The molecule has 1 aliphatic rings. The van der Waals surface area contributed by atoms with Crippen molar-refractivity contribution in [3.05, 3.63) is 65.9 Å². The summed E-state index contributed by atoms with van der Waals surface area (Å²) >= 11 is 0. The highest BCUT2D eigenvalue weighted by Crippen LogP contribution is 2.30. The van der Waals surface area contributed by atoms with Gasteiger partial charge in [0, 0.05) is 29.3 Å². The largest absolute Gasteiger partial charge is 0.394 e. The number of H-pyrrole nitrogens is 1. The van der Waals surface area contributed by atoms with Crippen LogP contribution in [-0.2, 0) is 6.42 Å². The topological polar surface area (TPSA) is 68.4 Å². The Morgan fingerprint density at radius 1 is 1.25 bits per heavy atom. The van der Waals surface area contributed by atoms with Gasteiger partial charge in [-0.05, 0) is 41.8 Å². The van der Waals surface area contributed by atoms with Crippen LogP contribution in [0.4, 0.5) is 10.5 Å². The Labute approximate surface area is 139 Å². The van der Waals surface area contributed by atoms with Gasteiger partial charge in [-0.2, -0.15) is 0 Å². The molecule has 0 saturated heterocycles. The molecule has 24 heavy (non-hydrogen) atoms. The van der Waals surface area contributed by atoms with Gasteiger partial charge in [0.1, 0.15) is 0 Å². The summed E-state index contributed by atoms with van der Waals surface area (Å²) in [7, 11) is 0. The standard InChI is InChI=1S/C19H19N3O2/c23-12-18-16-4-2-1-3-13(16)8-10-22(18)19(24)21-15-5-6-17-14(11-15)7-9-20-17/h1-7,9,11,18,20,23H,8,10,12H2,(H,21,24). The minimum Gasteiger partial charge on any atom is -0.394 e. The Bertz CT molecular complexity index is 887. The normalized spacial score (nSPS) is 16.9. The SMILES string of the molecule is O=C(Nc1ccc2[nH]ccc2c1)N1CCc2ccccc2C1CO. The van der Waals surface area contributed by atoms with E-state index in [0.717, 1.165) is 28.6 Å². The van der Waals surface area contributed by atoms with Crippen LogP contribution in [0, 0.1) is 0 Å². The van der Waals surface area contributed by atoms with E-state index in [1.54, 1.807) is 4.90 Å². The van der Waals surface area contributed by atoms with Crippen LogP contribution in [0.2, 0.25) is 0 Å². The summed E-state index contributed by atoms with van der Waals surface area (Å²) in [5.41, 5.74) is 4.02. The number of aliphatic hydroxyl groups is 1. The second-order valence-corrected chi connectivity index (χ2v) is 6.05. The molecule has 0 fully saturated rings. The molecule has 1 aliphatic heterocycles. The summed E-state index contributed by atoms with van der Waals surface area (Å²) in [6.45, 7) is 0.516. The minimum atomic E-state index is -0.300. The van der Waals surface area contributed by atoms with Crippen LogP contribution >= 0.6 is 0 Å². The molecule has 3 aromatic rings. The molecule has 2 heterocycles. The number of anilines is 1. The molecule has 5 heteroatoms. The molecule has 122 valence electrons. The fraction of sp³-hybridized carbons (Fsp3) is 0.211. The molecule has 0 aliphatic carbocycles. The number of carbonyl (C=O) groups excluding carboxylic acids is 1. The van der Waals surface area contributed by atoms with Crippen LogP contribution in [0.15, 0.2) is 54.7 Å². The molecule has 2 amide bonds.